The summed E-state index contributed by atoms with van der Waals surface area (Å²) in [4.78, 5) is 0. The van der Waals surface area contributed by atoms with E-state index in [4.69, 9.17) is 8.73 Å². The molecule has 7 nitrogen and oxygen atoms in total. The van der Waals surface area contributed by atoms with Crippen LogP contribution in [-0.2, 0) is 8.78 Å². The fourth-order valence-corrected chi connectivity index (χ4v) is 14.6. The molecule has 0 heterocycles. The minimum atomic E-state index is -3.15. The van der Waals surface area contributed by atoms with Crippen LogP contribution < -0.4 is 0 Å². The molecular formula is C19H49N5O2P2Si. The molecule has 0 unspecified atom stereocenters. The van der Waals surface area contributed by atoms with Crippen molar-refractivity contribution < 1.29 is 8.78 Å². The van der Waals surface area contributed by atoms with Gasteiger partial charge in [-0.15, -0.1) is 0 Å². The van der Waals surface area contributed by atoms with Crippen LogP contribution in [0.5, 0.6) is 0 Å². The third-order valence-corrected chi connectivity index (χ3v) is 15.3. The zero-order chi connectivity index (χ0) is 22.9. The fraction of sp³-hybridized carbons (Fsp3) is 1.00. The maximum atomic E-state index is 14.7. The molecule has 0 spiro atoms. The second kappa shape index (κ2) is 13.1. The Balaban J connectivity index is 7.30. The SMILES string of the molecule is CCN(CC)P(=O)(N=P(O[Si](C)(C)C)(N(CC)CC)N(CC)CC)N(CC)CC. The number of rotatable bonds is 15. The van der Waals surface area contributed by atoms with E-state index in [2.05, 4.69) is 93.7 Å². The summed E-state index contributed by atoms with van der Waals surface area (Å²) in [6, 6.07) is 0. The summed E-state index contributed by atoms with van der Waals surface area (Å²) in [5.41, 5.74) is 0. The van der Waals surface area contributed by atoms with Gasteiger partial charge < -0.3 is 4.21 Å². The fourth-order valence-electron chi connectivity index (χ4n) is 3.61. The summed E-state index contributed by atoms with van der Waals surface area (Å²) in [5.74, 6) is 0. The summed E-state index contributed by atoms with van der Waals surface area (Å²) in [5, 5.41) is 0. The highest BCUT2D eigenvalue weighted by Gasteiger charge is 2.44. The van der Waals surface area contributed by atoms with Crippen LogP contribution in [0.25, 0.3) is 0 Å². The molecule has 0 aromatic rings. The molecule has 176 valence electrons. The molecule has 0 rings (SSSR count). The van der Waals surface area contributed by atoms with Crippen molar-refractivity contribution in [3.8, 4) is 0 Å². The van der Waals surface area contributed by atoms with Crippen LogP contribution >= 0.6 is 15.2 Å². The first-order chi connectivity index (χ1) is 13.5. The third-order valence-electron chi connectivity index (χ3n) is 5.02. The predicted molar refractivity (Wildman–Crippen MR) is 133 cm³/mol. The largest absolute Gasteiger partial charge is 0.363 e. The lowest BCUT2D eigenvalue weighted by Gasteiger charge is -2.46. The van der Waals surface area contributed by atoms with Gasteiger partial charge in [-0.25, -0.2) is 18.7 Å². The monoisotopic (exact) mass is 469 g/mol. The van der Waals surface area contributed by atoms with Gasteiger partial charge in [0.1, 0.15) is 0 Å². The van der Waals surface area contributed by atoms with Crippen molar-refractivity contribution >= 4 is 23.5 Å². The lowest BCUT2D eigenvalue weighted by molar-refractivity contribution is 0.338. The van der Waals surface area contributed by atoms with Gasteiger partial charge in [0.05, 0.1) is 0 Å². The number of hydrogen-bond acceptors (Lipinski definition) is 2. The van der Waals surface area contributed by atoms with Gasteiger partial charge in [-0.2, -0.15) is 4.52 Å². The Morgan fingerprint density at radius 2 is 0.897 bits per heavy atom. The summed E-state index contributed by atoms with van der Waals surface area (Å²) in [7, 11) is -7.74. The van der Waals surface area contributed by atoms with E-state index in [1.165, 1.54) is 0 Å². The zero-order valence-corrected chi connectivity index (χ0v) is 23.9. The van der Waals surface area contributed by atoms with Gasteiger partial charge in [-0.3, -0.25) is 4.57 Å². The summed E-state index contributed by atoms with van der Waals surface area (Å²) in [6.07, 6.45) is 0. The van der Waals surface area contributed by atoms with Crippen LogP contribution in [-0.4, -0.2) is 79.4 Å². The highest BCUT2D eigenvalue weighted by atomic mass is 31.2. The van der Waals surface area contributed by atoms with Crippen LogP contribution in [0.3, 0.4) is 0 Å². The van der Waals surface area contributed by atoms with E-state index in [9.17, 15) is 4.57 Å². The first kappa shape index (κ1) is 29.5. The molecule has 0 bridgehead atoms. The molecular weight excluding hydrogens is 420 g/mol. The van der Waals surface area contributed by atoms with Crippen LogP contribution in [0.4, 0.5) is 0 Å². The van der Waals surface area contributed by atoms with Crippen molar-refractivity contribution in [1.29, 1.82) is 0 Å². The lowest BCUT2D eigenvalue weighted by Crippen LogP contribution is -2.39. The standard InChI is InChI=1S/C19H49N5O2P2Si/c1-12-21(13-2)27(25,22(14-3)15-4)20-28(23(16-5)17-6,24(18-7)19-8)26-29(9,10)11/h12-19H2,1-11H3. The molecule has 0 aliphatic carbocycles. The van der Waals surface area contributed by atoms with Gasteiger partial charge in [-0.05, 0) is 19.6 Å². The van der Waals surface area contributed by atoms with E-state index in [0.717, 1.165) is 26.2 Å². The summed E-state index contributed by atoms with van der Waals surface area (Å²) >= 11 is 0. The summed E-state index contributed by atoms with van der Waals surface area (Å²) < 4.78 is 35.9. The van der Waals surface area contributed by atoms with Crippen LogP contribution in [0.1, 0.15) is 55.4 Å². The Morgan fingerprint density at radius 3 is 1.10 bits per heavy atom. The molecule has 0 N–H and O–H groups in total. The van der Waals surface area contributed by atoms with E-state index in [1.54, 1.807) is 0 Å². The Bertz CT molecular complexity index is 523. The average Bonchev–Trinajstić information content (AvgIpc) is 2.64. The smallest absolute Gasteiger partial charge is 0.332 e. The van der Waals surface area contributed by atoms with E-state index < -0.39 is 23.5 Å². The van der Waals surface area contributed by atoms with Crippen molar-refractivity contribution in [1.82, 2.24) is 18.7 Å². The molecule has 0 aromatic heterocycles. The molecule has 10 heteroatoms. The first-order valence-corrected chi connectivity index (χ1v) is 18.0. The van der Waals surface area contributed by atoms with E-state index in [1.807, 2.05) is 0 Å². The van der Waals surface area contributed by atoms with Gasteiger partial charge in [0.2, 0.25) is 7.58 Å². The second-order valence-corrected chi connectivity index (χ2v) is 17.9. The quantitative estimate of drug-likeness (QED) is 0.208. The topological polar surface area (TPSA) is 51.6 Å². The molecule has 0 amide bonds. The van der Waals surface area contributed by atoms with Crippen molar-refractivity contribution in [2.75, 3.05) is 52.4 Å². The average molecular weight is 470 g/mol. The first-order valence-electron chi connectivity index (χ1n) is 11.5. The Morgan fingerprint density at radius 1 is 0.621 bits per heavy atom. The molecule has 0 radical (unpaired) electrons. The molecule has 0 fully saturated rings. The third kappa shape index (κ3) is 7.25. The maximum absolute atomic E-state index is 14.7. The lowest BCUT2D eigenvalue weighted by atomic mass is 10.7. The van der Waals surface area contributed by atoms with Crippen LogP contribution in [0.2, 0.25) is 19.6 Å². The highest BCUT2D eigenvalue weighted by molar-refractivity contribution is 7.69. The van der Waals surface area contributed by atoms with E-state index >= 15 is 0 Å². The maximum Gasteiger partial charge on any atom is 0.332 e. The molecule has 0 aliphatic heterocycles. The van der Waals surface area contributed by atoms with Crippen molar-refractivity contribution in [3.63, 3.8) is 0 Å². The van der Waals surface area contributed by atoms with Gasteiger partial charge in [0.25, 0.3) is 0 Å². The van der Waals surface area contributed by atoms with Gasteiger partial charge >= 0.3 is 7.59 Å². The Kier molecular flexibility index (Phi) is 13.3. The normalized spacial score (nSPS) is 13.9. The molecule has 0 atom stereocenters. The minimum Gasteiger partial charge on any atom is -0.363 e. The molecule has 29 heavy (non-hydrogen) atoms. The predicted octanol–water partition coefficient (Wildman–Crippen LogP) is 6.26. The molecule has 0 saturated carbocycles. The van der Waals surface area contributed by atoms with Crippen molar-refractivity contribution in [2.45, 2.75) is 75.0 Å². The highest BCUT2D eigenvalue weighted by Crippen LogP contribution is 2.69. The van der Waals surface area contributed by atoms with Crippen molar-refractivity contribution in [3.05, 3.63) is 0 Å². The number of nitrogens with zero attached hydrogens (tertiary/aromatic N) is 5. The molecule has 0 saturated heterocycles. The minimum absolute atomic E-state index is 0.706. The zero-order valence-electron chi connectivity index (χ0n) is 21.1. The van der Waals surface area contributed by atoms with E-state index in [-0.39, 0.29) is 0 Å². The van der Waals surface area contributed by atoms with Crippen LogP contribution in [0, 0.1) is 0 Å². The Hall–Kier alpha value is 0.477. The number of hydrogen-bond donors (Lipinski definition) is 0. The molecule has 0 aromatic carbocycles. The second-order valence-electron chi connectivity index (χ2n) is 7.88. The Labute approximate surface area is 183 Å². The van der Waals surface area contributed by atoms with Gasteiger partial charge in [-0.1, -0.05) is 55.4 Å². The summed E-state index contributed by atoms with van der Waals surface area (Å²) in [6.45, 7) is 29.7. The van der Waals surface area contributed by atoms with Gasteiger partial charge in [0.15, 0.2) is 8.32 Å². The van der Waals surface area contributed by atoms with E-state index in [0.29, 0.717) is 26.2 Å². The molecule has 0 aliphatic rings. The van der Waals surface area contributed by atoms with Crippen LogP contribution in [0.15, 0.2) is 4.52 Å². The van der Waals surface area contributed by atoms with Crippen molar-refractivity contribution in [2.24, 2.45) is 4.52 Å². The van der Waals surface area contributed by atoms with Gasteiger partial charge in [0, 0.05) is 52.4 Å².